The lowest BCUT2D eigenvalue weighted by Crippen LogP contribution is -2.11. The van der Waals surface area contributed by atoms with E-state index in [1.54, 1.807) is 7.11 Å². The topological polar surface area (TPSA) is 12.5 Å². The third kappa shape index (κ3) is 5.74. The highest BCUT2D eigenvalue weighted by atomic mass is 16.5. The number of hydrogen-bond acceptors (Lipinski definition) is 2. The molecule has 65 heavy (non-hydrogen) atoms. The number of benzene rings is 13. The van der Waals surface area contributed by atoms with Crippen molar-refractivity contribution in [2.45, 2.75) is 0 Å². The second-order valence-electron chi connectivity index (χ2n) is 17.1. The number of anilines is 3. The van der Waals surface area contributed by atoms with Gasteiger partial charge in [0.1, 0.15) is 5.75 Å². The van der Waals surface area contributed by atoms with Crippen LogP contribution >= 0.6 is 0 Å². The molecule has 0 saturated heterocycles. The van der Waals surface area contributed by atoms with Gasteiger partial charge in [-0.05, 0) is 152 Å². The third-order valence-corrected chi connectivity index (χ3v) is 13.7. The summed E-state index contributed by atoms with van der Waals surface area (Å²) in [5.41, 5.74) is 10.5. The highest BCUT2D eigenvalue weighted by molar-refractivity contribution is 6.35. The Labute approximate surface area is 377 Å². The lowest BCUT2D eigenvalue weighted by atomic mass is 9.81. The SMILES string of the molecule is COc1ccc(N(c2ccc3c(c2)c2ccccc2c2c(-c4ccccc4)cc(-c4ccccc4)c(-c4ccccc4)c32)c2ccc3c4cccc5cccc(c6cccc2c63)c54)cc1. The molecule has 0 fully saturated rings. The molecular formula is C63H41NO. The maximum Gasteiger partial charge on any atom is 0.119 e. The molecule has 13 aromatic rings. The number of rotatable bonds is 7. The molecule has 2 nitrogen and oxygen atoms in total. The molecule has 0 heterocycles. The third-order valence-electron chi connectivity index (χ3n) is 13.7. The summed E-state index contributed by atoms with van der Waals surface area (Å²) in [5, 5.41) is 17.6. The standard InChI is InChI=1S/C63H41NO/c1-65-46-33-30-44(31-34-46)64(58-37-36-52-50-27-14-23-42-22-13-26-49(59(42)50)51-28-15-29-54(58)61(51)52)45-32-35-53-57(38-45)47-24-11-12-25-48(47)62-56(41-18-7-3-8-19-41)39-55(40-16-5-2-6-17-40)60(63(53)62)43-20-9-4-10-21-43/h2-39H,1H3. The first kappa shape index (κ1) is 37.1. The maximum atomic E-state index is 5.70. The van der Waals surface area contributed by atoms with Gasteiger partial charge in [0.25, 0.3) is 0 Å². The van der Waals surface area contributed by atoms with Crippen molar-refractivity contribution in [1.29, 1.82) is 0 Å². The van der Waals surface area contributed by atoms with Gasteiger partial charge in [-0.1, -0.05) is 182 Å². The number of fused-ring (bicyclic) bond motifs is 8. The highest BCUT2D eigenvalue weighted by Gasteiger charge is 2.24. The molecule has 0 radical (unpaired) electrons. The van der Waals surface area contributed by atoms with Crippen LogP contribution in [0.5, 0.6) is 5.75 Å². The van der Waals surface area contributed by atoms with Gasteiger partial charge in [0.2, 0.25) is 0 Å². The van der Waals surface area contributed by atoms with Crippen LogP contribution in [0.3, 0.4) is 0 Å². The number of ether oxygens (including phenoxy) is 1. The normalized spacial score (nSPS) is 11.8. The Morgan fingerprint density at radius 2 is 0.800 bits per heavy atom. The Morgan fingerprint density at radius 1 is 0.308 bits per heavy atom. The summed E-state index contributed by atoms with van der Waals surface area (Å²) >= 11 is 0. The van der Waals surface area contributed by atoms with Gasteiger partial charge in [0, 0.05) is 16.8 Å². The first-order valence-corrected chi connectivity index (χ1v) is 22.4. The summed E-state index contributed by atoms with van der Waals surface area (Å²) in [6.45, 7) is 0. The largest absolute Gasteiger partial charge is 0.497 e. The van der Waals surface area contributed by atoms with E-state index in [0.717, 1.165) is 22.8 Å². The molecule has 0 amide bonds. The minimum Gasteiger partial charge on any atom is -0.497 e. The molecule has 0 N–H and O–H groups in total. The van der Waals surface area contributed by atoms with Gasteiger partial charge < -0.3 is 9.64 Å². The molecule has 0 aromatic heterocycles. The predicted octanol–water partition coefficient (Wildman–Crippen LogP) is 17.7. The smallest absolute Gasteiger partial charge is 0.119 e. The van der Waals surface area contributed by atoms with Crippen molar-refractivity contribution < 1.29 is 4.74 Å². The van der Waals surface area contributed by atoms with Crippen LogP contribution in [-0.2, 0) is 0 Å². The minimum absolute atomic E-state index is 0.822. The van der Waals surface area contributed by atoms with Crippen LogP contribution in [-0.4, -0.2) is 7.11 Å². The molecule has 0 aliphatic carbocycles. The van der Waals surface area contributed by atoms with Crippen LogP contribution in [0.1, 0.15) is 0 Å². The Kier molecular flexibility index (Phi) is 8.47. The molecule has 0 saturated carbocycles. The van der Waals surface area contributed by atoms with E-state index in [9.17, 15) is 0 Å². The second kappa shape index (κ2) is 14.8. The molecule has 0 aliphatic heterocycles. The highest BCUT2D eigenvalue weighted by Crippen LogP contribution is 2.51. The molecule has 0 bridgehead atoms. The van der Waals surface area contributed by atoms with E-state index in [2.05, 4.69) is 235 Å². The number of nitrogens with zero attached hydrogens (tertiary/aromatic N) is 1. The van der Waals surface area contributed by atoms with Gasteiger partial charge >= 0.3 is 0 Å². The van der Waals surface area contributed by atoms with Crippen LogP contribution in [0.15, 0.2) is 231 Å². The molecule has 0 aliphatic rings. The second-order valence-corrected chi connectivity index (χ2v) is 17.1. The zero-order valence-electron chi connectivity index (χ0n) is 35.8. The van der Waals surface area contributed by atoms with Crippen molar-refractivity contribution in [3.63, 3.8) is 0 Å². The fraction of sp³-hybridized carbons (Fsp3) is 0.0159. The van der Waals surface area contributed by atoms with Crippen LogP contribution in [0.25, 0.3) is 109 Å². The summed E-state index contributed by atoms with van der Waals surface area (Å²) in [7, 11) is 1.73. The molecule has 13 aromatic carbocycles. The van der Waals surface area contributed by atoms with Gasteiger partial charge in [-0.25, -0.2) is 0 Å². The van der Waals surface area contributed by atoms with E-state index in [-0.39, 0.29) is 0 Å². The number of hydrogen-bond donors (Lipinski definition) is 0. The monoisotopic (exact) mass is 827 g/mol. The zero-order chi connectivity index (χ0) is 43.0. The van der Waals surface area contributed by atoms with Crippen molar-refractivity contribution in [2.24, 2.45) is 0 Å². The van der Waals surface area contributed by atoms with Crippen LogP contribution < -0.4 is 9.64 Å². The zero-order valence-corrected chi connectivity index (χ0v) is 35.8. The number of methoxy groups -OCH3 is 1. The molecule has 0 atom stereocenters. The van der Waals surface area contributed by atoms with Gasteiger partial charge in [-0.3, -0.25) is 0 Å². The van der Waals surface area contributed by atoms with Crippen LogP contribution in [0.4, 0.5) is 17.1 Å². The van der Waals surface area contributed by atoms with Gasteiger partial charge in [0.15, 0.2) is 0 Å². The van der Waals surface area contributed by atoms with Gasteiger partial charge in [-0.2, -0.15) is 0 Å². The average Bonchev–Trinajstić information content (AvgIpc) is 3.38. The summed E-state index contributed by atoms with van der Waals surface area (Å²) in [6, 6.07) is 84.7. The Hall–Kier alpha value is -8.46. The Balaban J connectivity index is 1.16. The van der Waals surface area contributed by atoms with E-state index >= 15 is 0 Å². The first-order valence-electron chi connectivity index (χ1n) is 22.4. The summed E-state index contributed by atoms with van der Waals surface area (Å²) < 4.78 is 5.70. The van der Waals surface area contributed by atoms with E-state index in [1.807, 2.05) is 0 Å². The minimum atomic E-state index is 0.822. The van der Waals surface area contributed by atoms with Crippen molar-refractivity contribution in [3.05, 3.63) is 231 Å². The van der Waals surface area contributed by atoms with Crippen LogP contribution in [0, 0.1) is 0 Å². The fourth-order valence-corrected chi connectivity index (χ4v) is 10.9. The maximum absolute atomic E-state index is 5.70. The summed E-state index contributed by atoms with van der Waals surface area (Å²) in [4.78, 5) is 2.44. The quantitative estimate of drug-likeness (QED) is 0.117. The lowest BCUT2D eigenvalue weighted by molar-refractivity contribution is 0.415. The lowest BCUT2D eigenvalue weighted by Gasteiger charge is -2.29. The summed E-state index contributed by atoms with van der Waals surface area (Å²) in [6.07, 6.45) is 0. The molecule has 0 spiro atoms. The van der Waals surface area contributed by atoms with Gasteiger partial charge in [-0.15, -0.1) is 0 Å². The molecular weight excluding hydrogens is 787 g/mol. The van der Waals surface area contributed by atoms with Crippen molar-refractivity contribution in [3.8, 4) is 39.1 Å². The fourth-order valence-electron chi connectivity index (χ4n) is 10.9. The molecule has 2 heteroatoms. The average molecular weight is 828 g/mol. The van der Waals surface area contributed by atoms with E-state index in [4.69, 9.17) is 4.74 Å². The van der Waals surface area contributed by atoms with Crippen molar-refractivity contribution >= 4 is 92.5 Å². The predicted molar refractivity (Wildman–Crippen MR) is 278 cm³/mol. The molecule has 304 valence electrons. The first-order chi connectivity index (χ1) is 32.2. The summed E-state index contributed by atoms with van der Waals surface area (Å²) in [5.74, 6) is 0.822. The van der Waals surface area contributed by atoms with Crippen molar-refractivity contribution in [1.82, 2.24) is 0 Å². The van der Waals surface area contributed by atoms with E-state index in [0.29, 0.717) is 0 Å². The molecule has 13 rings (SSSR count). The molecule has 0 unspecified atom stereocenters. The Bertz CT molecular complexity index is 3900. The Morgan fingerprint density at radius 3 is 1.48 bits per heavy atom. The van der Waals surface area contributed by atoms with Gasteiger partial charge in [0.05, 0.1) is 12.8 Å². The van der Waals surface area contributed by atoms with E-state index < -0.39 is 0 Å². The van der Waals surface area contributed by atoms with Crippen LogP contribution in [0.2, 0.25) is 0 Å². The van der Waals surface area contributed by atoms with Crippen molar-refractivity contribution in [2.75, 3.05) is 12.0 Å². The van der Waals surface area contributed by atoms with E-state index in [1.165, 1.54) is 109 Å².